The highest BCUT2D eigenvalue weighted by Gasteiger charge is 2.12. The van der Waals surface area contributed by atoms with Crippen LogP contribution in [0.5, 0.6) is 5.75 Å². The van der Waals surface area contributed by atoms with Gasteiger partial charge in [-0.2, -0.15) is 0 Å². The summed E-state index contributed by atoms with van der Waals surface area (Å²) in [6, 6.07) is 10.7. The molecule has 2 aromatic rings. The average molecular weight is 210 g/mol. The second-order valence-corrected chi connectivity index (χ2v) is 4.03. The molecule has 0 N–H and O–H groups in total. The van der Waals surface area contributed by atoms with Crippen LogP contribution in [-0.2, 0) is 6.42 Å². The third kappa shape index (κ3) is 1.32. The summed E-state index contributed by atoms with van der Waals surface area (Å²) in [7, 11) is 0. The first-order valence-corrected chi connectivity index (χ1v) is 5.74. The maximum Gasteiger partial charge on any atom is 0.127 e. The summed E-state index contributed by atoms with van der Waals surface area (Å²) in [6.07, 6.45) is 5.42. The van der Waals surface area contributed by atoms with E-state index in [4.69, 9.17) is 4.74 Å². The summed E-state index contributed by atoms with van der Waals surface area (Å²) in [5, 5.41) is 2.66. The van der Waals surface area contributed by atoms with Gasteiger partial charge in [-0.1, -0.05) is 36.4 Å². The molecule has 0 saturated carbocycles. The fraction of sp³-hybridized carbons (Fsp3) is 0.200. The molecule has 16 heavy (non-hydrogen) atoms. The lowest BCUT2D eigenvalue weighted by Crippen LogP contribution is -1.98. The van der Waals surface area contributed by atoms with Crippen LogP contribution in [0, 0.1) is 0 Å². The molecule has 1 heteroatoms. The monoisotopic (exact) mass is 210 g/mol. The van der Waals surface area contributed by atoms with Crippen LogP contribution < -0.4 is 4.74 Å². The molecule has 0 heterocycles. The Hall–Kier alpha value is -1.76. The van der Waals surface area contributed by atoms with E-state index in [9.17, 15) is 0 Å². The van der Waals surface area contributed by atoms with Gasteiger partial charge in [0.05, 0.1) is 6.61 Å². The molecule has 0 unspecified atom stereocenters. The molecule has 2 aromatic carbocycles. The molecule has 0 fully saturated rings. The van der Waals surface area contributed by atoms with E-state index in [0.29, 0.717) is 6.61 Å². The molecule has 0 amide bonds. The van der Waals surface area contributed by atoms with E-state index in [2.05, 4.69) is 42.5 Å². The molecule has 0 bridgehead atoms. The zero-order valence-corrected chi connectivity index (χ0v) is 9.36. The van der Waals surface area contributed by atoms with Gasteiger partial charge in [-0.25, -0.2) is 0 Å². The Kier molecular flexibility index (Phi) is 2.17. The van der Waals surface area contributed by atoms with E-state index >= 15 is 0 Å². The lowest BCUT2D eigenvalue weighted by atomic mass is 9.92. The molecule has 0 atom stereocenters. The van der Waals surface area contributed by atoms with Crippen LogP contribution in [-0.4, -0.2) is 6.61 Å². The molecule has 3 rings (SSSR count). The molecule has 80 valence electrons. The minimum atomic E-state index is 0.717. The van der Waals surface area contributed by atoms with Gasteiger partial charge >= 0.3 is 0 Å². The standard InChI is InChI=1S/C15H14O/c1-2-16-14-10-9-12-6-3-5-11-7-4-8-13(14)15(11)12/h3-6,8-10H,2,7H2,1H3. The van der Waals surface area contributed by atoms with Crippen molar-refractivity contribution in [1.82, 2.24) is 0 Å². The van der Waals surface area contributed by atoms with Crippen molar-refractivity contribution < 1.29 is 4.74 Å². The first-order valence-electron chi connectivity index (χ1n) is 5.74. The number of hydrogen-bond donors (Lipinski definition) is 0. The van der Waals surface area contributed by atoms with E-state index in [-0.39, 0.29) is 0 Å². The van der Waals surface area contributed by atoms with Gasteiger partial charge in [0.1, 0.15) is 5.75 Å². The second kappa shape index (κ2) is 3.67. The van der Waals surface area contributed by atoms with Crippen LogP contribution in [0.1, 0.15) is 18.1 Å². The first kappa shape index (κ1) is 9.46. The average Bonchev–Trinajstić information content (AvgIpc) is 2.33. The molecule has 0 aliphatic heterocycles. The van der Waals surface area contributed by atoms with Gasteiger partial charge in [-0.05, 0) is 35.7 Å². The molecule has 1 aliphatic carbocycles. The number of hydrogen-bond acceptors (Lipinski definition) is 1. The van der Waals surface area contributed by atoms with Gasteiger partial charge < -0.3 is 4.74 Å². The molecule has 0 radical (unpaired) electrons. The topological polar surface area (TPSA) is 9.23 Å². The summed E-state index contributed by atoms with van der Waals surface area (Å²) in [4.78, 5) is 0. The lowest BCUT2D eigenvalue weighted by molar-refractivity contribution is 0.340. The largest absolute Gasteiger partial charge is 0.493 e. The van der Waals surface area contributed by atoms with Crippen LogP contribution in [0.2, 0.25) is 0 Å². The van der Waals surface area contributed by atoms with E-state index in [1.807, 2.05) is 6.92 Å². The highest BCUT2D eigenvalue weighted by Crippen LogP contribution is 2.34. The quantitative estimate of drug-likeness (QED) is 0.732. The minimum Gasteiger partial charge on any atom is -0.493 e. The Labute approximate surface area is 95.4 Å². The van der Waals surface area contributed by atoms with Crippen molar-refractivity contribution >= 4 is 16.8 Å². The van der Waals surface area contributed by atoms with E-state index in [1.165, 1.54) is 21.9 Å². The normalized spacial score (nSPS) is 13.1. The second-order valence-electron chi connectivity index (χ2n) is 4.03. The maximum atomic E-state index is 5.67. The van der Waals surface area contributed by atoms with E-state index in [1.54, 1.807) is 0 Å². The Morgan fingerprint density at radius 2 is 2.12 bits per heavy atom. The maximum absolute atomic E-state index is 5.67. The van der Waals surface area contributed by atoms with Gasteiger partial charge in [-0.15, -0.1) is 0 Å². The van der Waals surface area contributed by atoms with Crippen LogP contribution in [0.3, 0.4) is 0 Å². The number of allylic oxidation sites excluding steroid dienone is 1. The van der Waals surface area contributed by atoms with Crippen molar-refractivity contribution in [2.75, 3.05) is 6.61 Å². The first-order chi connectivity index (χ1) is 7.90. The van der Waals surface area contributed by atoms with E-state index in [0.717, 1.165) is 12.2 Å². The predicted molar refractivity (Wildman–Crippen MR) is 67.9 cm³/mol. The summed E-state index contributed by atoms with van der Waals surface area (Å²) in [6.45, 7) is 2.74. The number of rotatable bonds is 2. The third-order valence-corrected chi connectivity index (χ3v) is 3.05. The molecule has 0 saturated heterocycles. The van der Waals surface area contributed by atoms with Gasteiger partial charge in [0.2, 0.25) is 0 Å². The van der Waals surface area contributed by atoms with Crippen molar-refractivity contribution in [3.63, 3.8) is 0 Å². The minimum absolute atomic E-state index is 0.717. The molecular weight excluding hydrogens is 196 g/mol. The van der Waals surface area contributed by atoms with Crippen molar-refractivity contribution in [3.05, 3.63) is 47.5 Å². The highest BCUT2D eigenvalue weighted by atomic mass is 16.5. The summed E-state index contributed by atoms with van der Waals surface area (Å²) >= 11 is 0. The molecule has 1 aliphatic rings. The molecule has 0 spiro atoms. The molecular formula is C15H14O. The van der Waals surface area contributed by atoms with Gasteiger partial charge in [0.25, 0.3) is 0 Å². The SMILES string of the molecule is CCOc1ccc2cccc3c2c1C=CC3. The molecule has 1 nitrogen and oxygen atoms in total. The van der Waals surface area contributed by atoms with Crippen molar-refractivity contribution in [1.29, 1.82) is 0 Å². The van der Waals surface area contributed by atoms with Gasteiger partial charge in [0, 0.05) is 5.56 Å². The Balaban J connectivity index is 2.35. The van der Waals surface area contributed by atoms with Crippen LogP contribution in [0.15, 0.2) is 36.4 Å². The van der Waals surface area contributed by atoms with Crippen molar-refractivity contribution in [3.8, 4) is 5.75 Å². The van der Waals surface area contributed by atoms with Gasteiger partial charge in [-0.3, -0.25) is 0 Å². The zero-order valence-electron chi connectivity index (χ0n) is 9.36. The van der Waals surface area contributed by atoms with Gasteiger partial charge in [0.15, 0.2) is 0 Å². The third-order valence-electron chi connectivity index (χ3n) is 3.05. The lowest BCUT2D eigenvalue weighted by Gasteiger charge is -2.16. The fourth-order valence-electron chi connectivity index (χ4n) is 2.39. The Morgan fingerprint density at radius 1 is 1.19 bits per heavy atom. The van der Waals surface area contributed by atoms with Crippen molar-refractivity contribution in [2.45, 2.75) is 13.3 Å². The summed E-state index contributed by atoms with van der Waals surface area (Å²) in [5.41, 5.74) is 2.64. The summed E-state index contributed by atoms with van der Waals surface area (Å²) in [5.74, 6) is 0.999. The van der Waals surface area contributed by atoms with Crippen LogP contribution >= 0.6 is 0 Å². The summed E-state index contributed by atoms with van der Waals surface area (Å²) < 4.78 is 5.67. The van der Waals surface area contributed by atoms with E-state index < -0.39 is 0 Å². The number of ether oxygens (including phenoxy) is 1. The fourth-order valence-corrected chi connectivity index (χ4v) is 2.39. The highest BCUT2D eigenvalue weighted by molar-refractivity contribution is 5.97. The van der Waals surface area contributed by atoms with Crippen LogP contribution in [0.4, 0.5) is 0 Å². The number of benzene rings is 2. The predicted octanol–water partition coefficient (Wildman–Crippen LogP) is 3.81. The smallest absolute Gasteiger partial charge is 0.127 e. The molecule has 0 aromatic heterocycles. The Morgan fingerprint density at radius 3 is 3.00 bits per heavy atom. The Bertz CT molecular complexity index is 567. The van der Waals surface area contributed by atoms with Crippen LogP contribution in [0.25, 0.3) is 16.8 Å². The van der Waals surface area contributed by atoms with Crippen molar-refractivity contribution in [2.24, 2.45) is 0 Å². The zero-order chi connectivity index (χ0) is 11.0.